The molecule has 0 aromatic carbocycles. The molecule has 0 fully saturated rings. The summed E-state index contributed by atoms with van der Waals surface area (Å²) in [6.07, 6.45) is 19.0. The molecule has 216 valence electrons. The number of phosphoric acid groups is 1. The summed E-state index contributed by atoms with van der Waals surface area (Å²) in [6, 6.07) is 0. The minimum absolute atomic E-state index is 0.0122. The van der Waals surface area contributed by atoms with Crippen LogP contribution in [0.15, 0.2) is 0 Å². The number of aliphatic hydroxyl groups excluding tert-OH is 1. The lowest BCUT2D eigenvalue weighted by molar-refractivity contribution is -0.870. The molecule has 36 heavy (non-hydrogen) atoms. The number of hydrogen-bond acceptors (Lipinski definition) is 7. The Morgan fingerprint density at radius 2 is 1.22 bits per heavy atom. The Hall–Kier alpha value is -0.500. The summed E-state index contributed by atoms with van der Waals surface area (Å²) < 4.78 is 26.8. The van der Waals surface area contributed by atoms with Gasteiger partial charge in [0.2, 0.25) is 0 Å². The molecule has 0 radical (unpaired) electrons. The highest BCUT2D eigenvalue weighted by Crippen LogP contribution is 2.38. The number of carbonyl (C=O) groups excluding carboxylic acids is 1. The summed E-state index contributed by atoms with van der Waals surface area (Å²) in [5.74, 6) is -0.557. The van der Waals surface area contributed by atoms with Crippen LogP contribution in [0.5, 0.6) is 0 Å². The molecule has 0 bridgehead atoms. The van der Waals surface area contributed by atoms with Crippen LogP contribution in [-0.4, -0.2) is 69.2 Å². The highest BCUT2D eigenvalue weighted by atomic mass is 31.2. The second-order valence-electron chi connectivity index (χ2n) is 11.0. The highest BCUT2D eigenvalue weighted by molar-refractivity contribution is 7.45. The monoisotopic (exact) mass is 537 g/mol. The third-order valence-electron chi connectivity index (χ3n) is 6.10. The summed E-state index contributed by atoms with van der Waals surface area (Å²) in [7, 11) is 1.23. The van der Waals surface area contributed by atoms with Crippen molar-refractivity contribution in [1.82, 2.24) is 0 Å². The third-order valence-corrected chi connectivity index (χ3v) is 7.06. The Bertz CT molecular complexity index is 569. The lowest BCUT2D eigenvalue weighted by Crippen LogP contribution is -2.37. The zero-order valence-electron chi connectivity index (χ0n) is 23.7. The fourth-order valence-corrected chi connectivity index (χ4v) is 4.52. The number of aliphatic hydroxyl groups is 1. The van der Waals surface area contributed by atoms with E-state index in [0.29, 0.717) is 17.6 Å². The molecule has 1 N–H and O–H groups in total. The van der Waals surface area contributed by atoms with Gasteiger partial charge in [-0.25, -0.2) is 0 Å². The van der Waals surface area contributed by atoms with Gasteiger partial charge >= 0.3 is 5.97 Å². The van der Waals surface area contributed by atoms with E-state index >= 15 is 0 Å². The van der Waals surface area contributed by atoms with Crippen LogP contribution in [-0.2, 0) is 23.1 Å². The van der Waals surface area contributed by atoms with Gasteiger partial charge in [0.25, 0.3) is 7.82 Å². The van der Waals surface area contributed by atoms with E-state index in [1.807, 2.05) is 21.1 Å². The van der Waals surface area contributed by atoms with Crippen molar-refractivity contribution in [3.63, 3.8) is 0 Å². The minimum Gasteiger partial charge on any atom is -0.756 e. The first-order chi connectivity index (χ1) is 17.1. The molecular weight excluding hydrogens is 481 g/mol. The SMILES string of the molecule is CCCCCCCCCCCCCCCCCCOC(=O)CC(O)COP(=O)([O-])OCC[N+](C)(C)C. The van der Waals surface area contributed by atoms with Gasteiger partial charge < -0.3 is 28.3 Å². The first-order valence-electron chi connectivity index (χ1n) is 14.3. The van der Waals surface area contributed by atoms with E-state index in [0.717, 1.165) is 19.3 Å². The van der Waals surface area contributed by atoms with E-state index in [2.05, 4.69) is 11.4 Å². The first-order valence-corrected chi connectivity index (χ1v) is 15.8. The average Bonchev–Trinajstić information content (AvgIpc) is 2.79. The van der Waals surface area contributed by atoms with Crippen molar-refractivity contribution in [3.05, 3.63) is 0 Å². The molecule has 8 nitrogen and oxygen atoms in total. The molecule has 0 aliphatic heterocycles. The van der Waals surface area contributed by atoms with Crippen LogP contribution in [0.4, 0.5) is 0 Å². The third kappa shape index (κ3) is 26.6. The van der Waals surface area contributed by atoms with E-state index in [-0.39, 0.29) is 13.0 Å². The van der Waals surface area contributed by atoms with Crippen LogP contribution in [0.2, 0.25) is 0 Å². The molecule has 0 aliphatic rings. The number of ether oxygens (including phenoxy) is 1. The summed E-state index contributed by atoms with van der Waals surface area (Å²) in [5, 5.41) is 9.84. The van der Waals surface area contributed by atoms with Gasteiger partial charge in [-0.1, -0.05) is 103 Å². The number of likely N-dealkylation sites (N-methyl/N-ethyl adjacent to an activating group) is 1. The summed E-state index contributed by atoms with van der Waals surface area (Å²) in [5.41, 5.74) is 0. The molecule has 0 spiro atoms. The number of rotatable bonds is 26. The number of quaternary nitrogens is 1. The second kappa shape index (κ2) is 22.5. The quantitative estimate of drug-likeness (QED) is 0.0648. The molecule has 0 aromatic rings. The molecule has 2 unspecified atom stereocenters. The van der Waals surface area contributed by atoms with Crippen molar-refractivity contribution in [2.75, 3.05) is 47.5 Å². The number of carbonyl (C=O) groups is 1. The molecule has 0 saturated heterocycles. The molecule has 0 amide bonds. The number of nitrogens with zero attached hydrogens (tertiary/aromatic N) is 1. The summed E-state index contributed by atoms with van der Waals surface area (Å²) in [4.78, 5) is 23.5. The van der Waals surface area contributed by atoms with Crippen molar-refractivity contribution in [3.8, 4) is 0 Å². The van der Waals surface area contributed by atoms with Gasteiger partial charge in [-0.05, 0) is 6.42 Å². The van der Waals surface area contributed by atoms with Gasteiger partial charge in [0.15, 0.2) is 0 Å². The molecule has 0 aromatic heterocycles. The van der Waals surface area contributed by atoms with Gasteiger partial charge in [0.05, 0.1) is 46.9 Å². The second-order valence-corrected chi connectivity index (χ2v) is 12.4. The number of unbranched alkanes of at least 4 members (excludes halogenated alkanes) is 15. The Labute approximate surface area is 221 Å². The number of hydrogen-bond donors (Lipinski definition) is 1. The maximum absolute atomic E-state index is 11.8. The van der Waals surface area contributed by atoms with Gasteiger partial charge in [-0.3, -0.25) is 9.36 Å². The van der Waals surface area contributed by atoms with Crippen molar-refractivity contribution in [2.45, 2.75) is 122 Å². The number of phosphoric ester groups is 1. The molecule has 2 atom stereocenters. The van der Waals surface area contributed by atoms with Crippen LogP contribution in [0.1, 0.15) is 116 Å². The molecule has 9 heteroatoms. The topological polar surface area (TPSA) is 105 Å². The minimum atomic E-state index is -4.50. The zero-order valence-corrected chi connectivity index (χ0v) is 24.6. The maximum Gasteiger partial charge on any atom is 0.308 e. The van der Waals surface area contributed by atoms with E-state index < -0.39 is 26.5 Å². The van der Waals surface area contributed by atoms with E-state index in [1.54, 1.807) is 0 Å². The lowest BCUT2D eigenvalue weighted by Gasteiger charge is -2.27. The normalized spacial score (nSPS) is 14.5. The Balaban J connectivity index is 3.50. The fourth-order valence-electron chi connectivity index (χ4n) is 3.79. The van der Waals surface area contributed by atoms with E-state index in [1.165, 1.54) is 83.5 Å². The van der Waals surface area contributed by atoms with Crippen LogP contribution in [0.25, 0.3) is 0 Å². The van der Waals surface area contributed by atoms with Crippen molar-refractivity contribution in [1.29, 1.82) is 0 Å². The van der Waals surface area contributed by atoms with Gasteiger partial charge in [0.1, 0.15) is 13.2 Å². The predicted molar refractivity (Wildman–Crippen MR) is 144 cm³/mol. The average molecular weight is 538 g/mol. The van der Waals surface area contributed by atoms with Crippen LogP contribution in [0, 0.1) is 0 Å². The van der Waals surface area contributed by atoms with Gasteiger partial charge in [-0.2, -0.15) is 0 Å². The van der Waals surface area contributed by atoms with Crippen molar-refractivity contribution >= 4 is 13.8 Å². The summed E-state index contributed by atoms with van der Waals surface area (Å²) in [6.45, 7) is 2.53. The number of esters is 1. The van der Waals surface area contributed by atoms with Crippen LogP contribution >= 0.6 is 7.82 Å². The summed E-state index contributed by atoms with van der Waals surface area (Å²) >= 11 is 0. The zero-order chi connectivity index (χ0) is 27.1. The Kier molecular flexibility index (Phi) is 22.2. The van der Waals surface area contributed by atoms with Gasteiger partial charge in [-0.15, -0.1) is 0 Å². The Morgan fingerprint density at radius 3 is 1.67 bits per heavy atom. The predicted octanol–water partition coefficient (Wildman–Crippen LogP) is 5.75. The lowest BCUT2D eigenvalue weighted by atomic mass is 10.0. The molecule has 0 rings (SSSR count). The fraction of sp³-hybridized carbons (Fsp3) is 0.963. The van der Waals surface area contributed by atoms with Gasteiger partial charge in [0, 0.05) is 0 Å². The standard InChI is InChI=1S/C27H56NO7P/c1-5-6-7-8-9-10-11-12-13-14-15-16-17-18-19-20-22-33-27(30)24-26(29)25-35-36(31,32)34-23-21-28(2,3)4/h26,29H,5-25H2,1-4H3. The maximum atomic E-state index is 11.8. The molecule has 0 heterocycles. The first kappa shape index (κ1) is 35.5. The van der Waals surface area contributed by atoms with E-state index in [4.69, 9.17) is 9.26 Å². The highest BCUT2D eigenvalue weighted by Gasteiger charge is 2.18. The van der Waals surface area contributed by atoms with Crippen LogP contribution in [0.3, 0.4) is 0 Å². The van der Waals surface area contributed by atoms with Crippen LogP contribution < -0.4 is 4.89 Å². The smallest absolute Gasteiger partial charge is 0.308 e. The Morgan fingerprint density at radius 1 is 0.778 bits per heavy atom. The van der Waals surface area contributed by atoms with Crippen molar-refractivity contribution < 1.29 is 37.6 Å². The largest absolute Gasteiger partial charge is 0.756 e. The molecular formula is C27H56NO7P. The molecule has 0 aliphatic carbocycles. The molecule has 0 saturated carbocycles. The van der Waals surface area contributed by atoms with E-state index in [9.17, 15) is 19.4 Å². The van der Waals surface area contributed by atoms with Crippen molar-refractivity contribution in [2.24, 2.45) is 0 Å².